The van der Waals surface area contributed by atoms with E-state index in [2.05, 4.69) is 15.9 Å². The fourth-order valence-corrected chi connectivity index (χ4v) is 6.17. The lowest BCUT2D eigenvalue weighted by atomic mass is 9.64. The predicted molar refractivity (Wildman–Crippen MR) is 93.5 cm³/mol. The summed E-state index contributed by atoms with van der Waals surface area (Å²) in [6.45, 7) is 0. The molecular weight excluding hydrogens is 352 g/mol. The monoisotopic (exact) mass is 372 g/mol. The molecule has 1 aromatic heterocycles. The van der Waals surface area contributed by atoms with E-state index in [-0.39, 0.29) is 11.2 Å². The molecule has 2 aromatic rings. The molecule has 3 bridgehead atoms. The molecule has 5 rings (SSSR count). The van der Waals surface area contributed by atoms with Crippen molar-refractivity contribution in [1.82, 2.24) is 0 Å². The van der Waals surface area contributed by atoms with Crippen LogP contribution in [0.25, 0.3) is 11.0 Å². The van der Waals surface area contributed by atoms with Gasteiger partial charge in [-0.25, -0.2) is 0 Å². The number of fused-ring (bicyclic) bond motifs is 3. The van der Waals surface area contributed by atoms with E-state index in [9.17, 15) is 4.79 Å². The number of halogens is 1. The number of Topliss-reactive ketones (excluding diaryl/α,β-unsaturated/α-hetero) is 1. The highest BCUT2D eigenvalue weighted by Gasteiger charge is 2.53. The zero-order chi connectivity index (χ0) is 15.6. The number of carbonyl (C=O) groups excluding carboxylic acids is 1. The summed E-state index contributed by atoms with van der Waals surface area (Å²) in [7, 11) is 0. The van der Waals surface area contributed by atoms with E-state index in [1.54, 1.807) is 0 Å². The van der Waals surface area contributed by atoms with E-state index < -0.39 is 0 Å². The first kappa shape index (κ1) is 14.3. The van der Waals surface area contributed by atoms with E-state index in [0.717, 1.165) is 52.5 Å². The molecule has 0 aliphatic heterocycles. The molecule has 0 spiro atoms. The van der Waals surface area contributed by atoms with Crippen LogP contribution >= 0.6 is 15.9 Å². The Morgan fingerprint density at radius 3 is 2.96 bits per heavy atom. The van der Waals surface area contributed by atoms with Gasteiger partial charge in [-0.2, -0.15) is 0 Å². The summed E-state index contributed by atoms with van der Waals surface area (Å²) in [5, 5.41) is 1.03. The Morgan fingerprint density at radius 2 is 2.04 bits per heavy atom. The van der Waals surface area contributed by atoms with Crippen LogP contribution in [0.5, 0.6) is 0 Å². The van der Waals surface area contributed by atoms with Crippen molar-refractivity contribution in [3.05, 3.63) is 34.5 Å². The van der Waals surface area contributed by atoms with Gasteiger partial charge in [0.05, 0.1) is 0 Å². The van der Waals surface area contributed by atoms with Gasteiger partial charge in [-0.05, 0) is 74.1 Å². The molecule has 1 aromatic carbocycles. The van der Waals surface area contributed by atoms with Gasteiger partial charge in [-0.3, -0.25) is 4.79 Å². The molecule has 23 heavy (non-hydrogen) atoms. The van der Waals surface area contributed by atoms with Gasteiger partial charge in [0.25, 0.3) is 0 Å². The Labute approximate surface area is 144 Å². The first-order chi connectivity index (χ1) is 11.1. The average molecular weight is 373 g/mol. The van der Waals surface area contributed by atoms with Gasteiger partial charge in [-0.15, -0.1) is 0 Å². The molecule has 1 heterocycles. The highest BCUT2D eigenvalue weighted by molar-refractivity contribution is 9.10. The summed E-state index contributed by atoms with van der Waals surface area (Å²) < 4.78 is 6.95. The van der Waals surface area contributed by atoms with Crippen molar-refractivity contribution in [3.8, 4) is 0 Å². The smallest absolute Gasteiger partial charge is 0.204 e. The van der Waals surface area contributed by atoms with Crippen LogP contribution < -0.4 is 0 Å². The number of furan rings is 1. The van der Waals surface area contributed by atoms with Crippen LogP contribution in [-0.2, 0) is 0 Å². The molecule has 0 radical (unpaired) electrons. The quantitative estimate of drug-likeness (QED) is 0.606. The van der Waals surface area contributed by atoms with E-state index in [0.29, 0.717) is 5.76 Å². The normalized spacial score (nSPS) is 35.6. The predicted octanol–water partition coefficient (Wildman–Crippen LogP) is 5.98. The Kier molecular flexibility index (Phi) is 3.07. The number of hydrogen-bond donors (Lipinski definition) is 0. The molecule has 0 N–H and O–H groups in total. The van der Waals surface area contributed by atoms with Crippen molar-refractivity contribution in [3.63, 3.8) is 0 Å². The van der Waals surface area contributed by atoms with Crippen molar-refractivity contribution in [2.45, 2.75) is 44.9 Å². The van der Waals surface area contributed by atoms with Crippen LogP contribution in [0, 0.1) is 23.2 Å². The third-order valence-electron chi connectivity index (χ3n) is 6.69. The second-order valence-corrected chi connectivity index (χ2v) is 8.98. The molecule has 2 nitrogen and oxygen atoms in total. The number of ketones is 1. The average Bonchev–Trinajstić information content (AvgIpc) is 3.02. The number of carbonyl (C=O) groups is 1. The van der Waals surface area contributed by atoms with Crippen LogP contribution in [0.1, 0.15) is 55.5 Å². The van der Waals surface area contributed by atoms with Crippen molar-refractivity contribution in [2.24, 2.45) is 23.2 Å². The van der Waals surface area contributed by atoms with Crippen LogP contribution in [-0.4, -0.2) is 5.78 Å². The molecule has 3 fully saturated rings. The highest BCUT2D eigenvalue weighted by Crippen LogP contribution is 2.59. The van der Waals surface area contributed by atoms with E-state index in [4.69, 9.17) is 4.42 Å². The van der Waals surface area contributed by atoms with Crippen LogP contribution in [0.4, 0.5) is 0 Å². The van der Waals surface area contributed by atoms with E-state index >= 15 is 0 Å². The lowest BCUT2D eigenvalue weighted by Crippen LogP contribution is -2.36. The maximum Gasteiger partial charge on any atom is 0.204 e. The van der Waals surface area contributed by atoms with Gasteiger partial charge >= 0.3 is 0 Å². The highest BCUT2D eigenvalue weighted by atomic mass is 79.9. The van der Waals surface area contributed by atoms with Crippen molar-refractivity contribution in [2.75, 3.05) is 0 Å². The minimum atomic E-state index is -0.135. The molecular formula is C20H21BrO2. The molecule has 0 amide bonds. The molecule has 120 valence electrons. The maximum atomic E-state index is 13.4. The van der Waals surface area contributed by atoms with Gasteiger partial charge in [-0.1, -0.05) is 28.8 Å². The fraction of sp³-hybridized carbons (Fsp3) is 0.550. The lowest BCUT2D eigenvalue weighted by Gasteiger charge is -2.38. The second kappa shape index (κ2) is 4.95. The van der Waals surface area contributed by atoms with Gasteiger partial charge < -0.3 is 4.42 Å². The lowest BCUT2D eigenvalue weighted by molar-refractivity contribution is 0.0582. The summed E-state index contributed by atoms with van der Waals surface area (Å²) in [6.07, 6.45) is 8.55. The second-order valence-electron chi connectivity index (χ2n) is 8.06. The molecule has 4 unspecified atom stereocenters. The van der Waals surface area contributed by atoms with Crippen LogP contribution in [0.2, 0.25) is 0 Å². The van der Waals surface area contributed by atoms with E-state index in [1.807, 2.05) is 24.3 Å². The van der Waals surface area contributed by atoms with Gasteiger partial charge in [0, 0.05) is 15.3 Å². The third-order valence-corrected chi connectivity index (χ3v) is 7.18. The SMILES string of the molecule is O=C(c1cc2ccc(Br)cc2o1)C12CCCC3CC(CC3C1)C2. The first-order valence-electron chi connectivity index (χ1n) is 8.87. The zero-order valence-corrected chi connectivity index (χ0v) is 14.8. The summed E-state index contributed by atoms with van der Waals surface area (Å²) in [6, 6.07) is 7.93. The number of rotatable bonds is 2. The van der Waals surface area contributed by atoms with Gasteiger partial charge in [0.15, 0.2) is 5.76 Å². The minimum absolute atomic E-state index is 0.135. The summed E-state index contributed by atoms with van der Waals surface area (Å²) >= 11 is 3.48. The topological polar surface area (TPSA) is 30.2 Å². The minimum Gasteiger partial charge on any atom is -0.453 e. The Morgan fingerprint density at radius 1 is 1.17 bits per heavy atom. The van der Waals surface area contributed by atoms with E-state index in [1.165, 1.54) is 25.7 Å². The summed E-state index contributed by atoms with van der Waals surface area (Å²) in [5.74, 6) is 3.32. The molecule has 3 saturated carbocycles. The van der Waals surface area contributed by atoms with Gasteiger partial charge in [0.2, 0.25) is 5.78 Å². The molecule has 3 heteroatoms. The summed E-state index contributed by atoms with van der Waals surface area (Å²) in [5.41, 5.74) is 0.675. The molecule has 3 aliphatic rings. The number of benzene rings is 1. The van der Waals surface area contributed by atoms with Crippen LogP contribution in [0.15, 0.2) is 33.2 Å². The summed E-state index contributed by atoms with van der Waals surface area (Å²) in [4.78, 5) is 13.4. The Bertz CT molecular complexity index is 792. The zero-order valence-electron chi connectivity index (χ0n) is 13.2. The molecule has 3 aliphatic carbocycles. The largest absolute Gasteiger partial charge is 0.453 e. The van der Waals surface area contributed by atoms with Crippen LogP contribution in [0.3, 0.4) is 0 Å². The van der Waals surface area contributed by atoms with Gasteiger partial charge in [0.1, 0.15) is 5.58 Å². The first-order valence-corrected chi connectivity index (χ1v) is 9.66. The molecule has 0 saturated heterocycles. The van der Waals surface area contributed by atoms with Crippen molar-refractivity contribution < 1.29 is 9.21 Å². The Hall–Kier alpha value is -1.09. The standard InChI is InChI=1S/C20H21BrO2/c21-16-4-3-14-8-18(23-17(14)9-16)19(22)20-5-1-2-13-6-12(10-20)7-15(13)11-20/h3-4,8-9,12-13,15H,1-2,5-7,10-11H2. The number of hydrogen-bond acceptors (Lipinski definition) is 2. The third kappa shape index (κ3) is 2.15. The van der Waals surface area contributed by atoms with Crippen molar-refractivity contribution >= 4 is 32.7 Å². The molecule has 4 atom stereocenters. The maximum absolute atomic E-state index is 13.4. The Balaban J connectivity index is 1.55. The fourth-order valence-electron chi connectivity index (χ4n) is 5.83. The van der Waals surface area contributed by atoms with Crippen molar-refractivity contribution in [1.29, 1.82) is 0 Å².